The summed E-state index contributed by atoms with van der Waals surface area (Å²) in [5.74, 6) is 0. The molecule has 0 atom stereocenters. The molecular weight excluding hydrogens is 464 g/mol. The van der Waals surface area contributed by atoms with Gasteiger partial charge in [-0.15, -0.1) is 0 Å². The van der Waals surface area contributed by atoms with Crippen molar-refractivity contribution in [3.63, 3.8) is 0 Å². The highest BCUT2D eigenvalue weighted by Crippen LogP contribution is 2.37. The van der Waals surface area contributed by atoms with Crippen LogP contribution in [0.3, 0.4) is 0 Å². The molecule has 0 bridgehead atoms. The molecule has 0 aliphatic rings. The summed E-state index contributed by atoms with van der Waals surface area (Å²) in [4.78, 5) is 10.2. The van der Waals surface area contributed by atoms with Crippen LogP contribution < -0.4 is 0 Å². The minimum absolute atomic E-state index is 0.958. The number of benzene rings is 4. The van der Waals surface area contributed by atoms with Crippen molar-refractivity contribution in [3.8, 4) is 22.6 Å². The minimum Gasteiger partial charge on any atom is -0.308 e. The van der Waals surface area contributed by atoms with Crippen LogP contribution in [0.4, 0.5) is 0 Å². The lowest BCUT2D eigenvalue weighted by Gasteiger charge is -2.10. The summed E-state index contributed by atoms with van der Waals surface area (Å²) in [5.41, 5.74) is 10.6. The quantitative estimate of drug-likeness (QED) is 0.252. The summed E-state index contributed by atoms with van der Waals surface area (Å²) in [6, 6.07) is 44.4. The second-order valence-electron chi connectivity index (χ2n) is 9.53. The van der Waals surface area contributed by atoms with Crippen molar-refractivity contribution in [3.05, 3.63) is 134 Å². The van der Waals surface area contributed by atoms with Crippen molar-refractivity contribution in [2.75, 3.05) is 0 Å². The van der Waals surface area contributed by atoms with Crippen molar-refractivity contribution < 1.29 is 0 Å². The number of rotatable bonds is 3. The van der Waals surface area contributed by atoms with E-state index in [1.165, 1.54) is 0 Å². The van der Waals surface area contributed by atoms with E-state index in [0.29, 0.717) is 0 Å². The predicted octanol–water partition coefficient (Wildman–Crippen LogP) is 8.34. The Morgan fingerprint density at radius 3 is 1.61 bits per heavy atom. The maximum Gasteiger partial charge on any atom is 0.0972 e. The highest BCUT2D eigenvalue weighted by molar-refractivity contribution is 6.15. The van der Waals surface area contributed by atoms with Gasteiger partial charge in [-0.05, 0) is 42.5 Å². The van der Waals surface area contributed by atoms with Crippen molar-refractivity contribution in [2.24, 2.45) is 0 Å². The summed E-state index contributed by atoms with van der Waals surface area (Å²) < 4.78 is 4.60. The Balaban J connectivity index is 1.45. The third-order valence-electron chi connectivity index (χ3n) is 7.35. The van der Waals surface area contributed by atoms with E-state index in [9.17, 15) is 0 Å². The van der Waals surface area contributed by atoms with E-state index in [-0.39, 0.29) is 0 Å². The first-order valence-corrected chi connectivity index (χ1v) is 12.8. The van der Waals surface area contributed by atoms with Crippen LogP contribution >= 0.6 is 0 Å². The molecule has 0 aliphatic carbocycles. The molecule has 0 fully saturated rings. The first-order valence-electron chi connectivity index (χ1n) is 12.8. The molecule has 4 heterocycles. The highest BCUT2D eigenvalue weighted by atomic mass is 15.0. The maximum atomic E-state index is 5.33. The molecule has 0 N–H and O–H groups in total. The zero-order valence-electron chi connectivity index (χ0n) is 20.5. The standard InChI is InChI=1S/C34H22N4/c1-3-11-23(12-4-1)28-20-19-25(22-35-28)38-30-18-10-8-16-27(30)34-32(38)21-31-33(36-34)26-15-7-9-17-29(26)37(31)24-13-5-2-6-14-24/h1-22H. The lowest BCUT2D eigenvalue weighted by molar-refractivity contribution is 1.14. The van der Waals surface area contributed by atoms with Crippen LogP contribution in [0.15, 0.2) is 134 Å². The Bertz CT molecular complexity index is 2100. The van der Waals surface area contributed by atoms with Crippen molar-refractivity contribution in [1.29, 1.82) is 0 Å². The van der Waals surface area contributed by atoms with Gasteiger partial charge in [0.1, 0.15) is 0 Å². The Labute approximate surface area is 219 Å². The molecule has 8 rings (SSSR count). The molecule has 4 heteroatoms. The van der Waals surface area contributed by atoms with Crippen LogP contribution in [0.2, 0.25) is 0 Å². The van der Waals surface area contributed by atoms with E-state index in [2.05, 4.69) is 118 Å². The van der Waals surface area contributed by atoms with Gasteiger partial charge in [-0.1, -0.05) is 84.9 Å². The van der Waals surface area contributed by atoms with Gasteiger partial charge in [0.05, 0.1) is 50.7 Å². The van der Waals surface area contributed by atoms with Crippen molar-refractivity contribution >= 4 is 43.9 Å². The number of nitrogens with zero attached hydrogens (tertiary/aromatic N) is 4. The summed E-state index contributed by atoms with van der Waals surface area (Å²) in [5, 5.41) is 2.28. The Morgan fingerprint density at radius 1 is 0.447 bits per heavy atom. The fourth-order valence-electron chi connectivity index (χ4n) is 5.66. The van der Waals surface area contributed by atoms with Crippen LogP contribution in [0.5, 0.6) is 0 Å². The monoisotopic (exact) mass is 486 g/mol. The van der Waals surface area contributed by atoms with Crippen LogP contribution in [0, 0.1) is 0 Å². The Hall–Kier alpha value is -5.22. The minimum atomic E-state index is 0.958. The van der Waals surface area contributed by atoms with Crippen molar-refractivity contribution in [1.82, 2.24) is 19.1 Å². The number of para-hydroxylation sites is 3. The molecule has 38 heavy (non-hydrogen) atoms. The molecular formula is C34H22N4. The lowest BCUT2D eigenvalue weighted by Crippen LogP contribution is -1.97. The SMILES string of the molecule is c1ccc(-c2ccc(-n3c4ccccc4c4nc5c6ccccc6n(-c6ccccc6)c5cc43)cn2)cc1. The number of aromatic nitrogens is 4. The van der Waals surface area contributed by atoms with E-state index in [0.717, 1.165) is 66.5 Å². The Morgan fingerprint density at radius 2 is 1.00 bits per heavy atom. The second-order valence-corrected chi connectivity index (χ2v) is 9.53. The van der Waals surface area contributed by atoms with Gasteiger partial charge in [-0.3, -0.25) is 4.98 Å². The number of hydrogen-bond donors (Lipinski definition) is 0. The number of hydrogen-bond acceptors (Lipinski definition) is 2. The summed E-state index contributed by atoms with van der Waals surface area (Å²) >= 11 is 0. The van der Waals surface area contributed by atoms with E-state index >= 15 is 0 Å². The van der Waals surface area contributed by atoms with Crippen LogP contribution in [0.25, 0.3) is 66.5 Å². The highest BCUT2D eigenvalue weighted by Gasteiger charge is 2.19. The Kier molecular flexibility index (Phi) is 4.49. The summed E-state index contributed by atoms with van der Waals surface area (Å²) in [6.45, 7) is 0. The maximum absolute atomic E-state index is 5.33. The van der Waals surface area contributed by atoms with Gasteiger partial charge in [0.2, 0.25) is 0 Å². The third kappa shape index (κ3) is 3.04. The van der Waals surface area contributed by atoms with Gasteiger partial charge >= 0.3 is 0 Å². The molecule has 0 spiro atoms. The third-order valence-corrected chi connectivity index (χ3v) is 7.35. The average Bonchev–Trinajstić information content (AvgIpc) is 3.49. The molecule has 0 aliphatic heterocycles. The van der Waals surface area contributed by atoms with Gasteiger partial charge in [0.15, 0.2) is 0 Å². The van der Waals surface area contributed by atoms with Gasteiger partial charge in [0, 0.05) is 22.0 Å². The van der Waals surface area contributed by atoms with E-state index in [4.69, 9.17) is 9.97 Å². The van der Waals surface area contributed by atoms with Gasteiger partial charge in [-0.2, -0.15) is 0 Å². The zero-order valence-corrected chi connectivity index (χ0v) is 20.5. The summed E-state index contributed by atoms with van der Waals surface area (Å²) in [6.07, 6.45) is 1.96. The van der Waals surface area contributed by atoms with Gasteiger partial charge < -0.3 is 9.13 Å². The topological polar surface area (TPSA) is 35.6 Å². The number of pyridine rings is 2. The van der Waals surface area contributed by atoms with Gasteiger partial charge in [0.25, 0.3) is 0 Å². The molecule has 178 valence electrons. The van der Waals surface area contributed by atoms with E-state index in [1.807, 2.05) is 24.4 Å². The predicted molar refractivity (Wildman–Crippen MR) is 156 cm³/mol. The van der Waals surface area contributed by atoms with Gasteiger partial charge in [-0.25, -0.2) is 4.98 Å². The fourth-order valence-corrected chi connectivity index (χ4v) is 5.66. The largest absolute Gasteiger partial charge is 0.308 e. The normalized spacial score (nSPS) is 11.7. The van der Waals surface area contributed by atoms with Crippen molar-refractivity contribution in [2.45, 2.75) is 0 Å². The lowest BCUT2D eigenvalue weighted by atomic mass is 10.1. The average molecular weight is 487 g/mol. The fraction of sp³-hybridized carbons (Fsp3) is 0. The molecule has 0 saturated carbocycles. The molecule has 4 aromatic heterocycles. The van der Waals surface area contributed by atoms with E-state index < -0.39 is 0 Å². The van der Waals surface area contributed by atoms with Crippen LogP contribution in [0.1, 0.15) is 0 Å². The van der Waals surface area contributed by atoms with Crippen LogP contribution in [-0.4, -0.2) is 19.1 Å². The van der Waals surface area contributed by atoms with E-state index in [1.54, 1.807) is 0 Å². The molecule has 4 nitrogen and oxygen atoms in total. The van der Waals surface area contributed by atoms with Crippen LogP contribution in [-0.2, 0) is 0 Å². The first-order chi connectivity index (χ1) is 18.9. The zero-order chi connectivity index (χ0) is 25.1. The smallest absolute Gasteiger partial charge is 0.0972 e. The molecule has 0 saturated heterocycles. The molecule has 8 aromatic rings. The molecule has 0 radical (unpaired) electrons. The molecule has 0 unspecified atom stereocenters. The summed E-state index contributed by atoms with van der Waals surface area (Å²) in [7, 11) is 0. The second kappa shape index (κ2) is 8.15. The first kappa shape index (κ1) is 20.9. The molecule has 4 aromatic carbocycles. The number of fused-ring (bicyclic) bond motifs is 6. The molecule has 0 amide bonds.